The van der Waals surface area contributed by atoms with Crippen LogP contribution in [0.1, 0.15) is 13.3 Å². The van der Waals surface area contributed by atoms with Crippen molar-refractivity contribution in [3.05, 3.63) is 0 Å². The molecule has 2 nitrogen and oxygen atoms in total. The second kappa shape index (κ2) is 4.25. The van der Waals surface area contributed by atoms with Crippen LogP contribution < -0.4 is 5.73 Å². The first-order valence-electron chi connectivity index (χ1n) is 4.94. The van der Waals surface area contributed by atoms with Gasteiger partial charge in [0, 0.05) is 13.1 Å². The van der Waals surface area contributed by atoms with E-state index in [0.29, 0.717) is 26.6 Å². The molecule has 1 aliphatic rings. The number of nitrogens with zero attached hydrogens (tertiary/aromatic N) is 1. The van der Waals surface area contributed by atoms with Crippen molar-refractivity contribution in [1.82, 2.24) is 4.90 Å². The molecule has 1 heterocycles. The molecular weight excluding hydrogens is 212 g/mol. The van der Waals surface area contributed by atoms with Gasteiger partial charge in [-0.05, 0) is 32.4 Å². The maximum atomic E-state index is 13.3. The number of halogens is 4. The van der Waals surface area contributed by atoms with Crippen molar-refractivity contribution >= 4 is 0 Å². The summed E-state index contributed by atoms with van der Waals surface area (Å²) in [7, 11) is 0. The second-order valence-electron chi connectivity index (χ2n) is 4.32. The van der Waals surface area contributed by atoms with Gasteiger partial charge in [-0.25, -0.2) is 4.39 Å². The van der Waals surface area contributed by atoms with Gasteiger partial charge >= 0.3 is 6.18 Å². The first-order chi connectivity index (χ1) is 6.76. The van der Waals surface area contributed by atoms with Crippen LogP contribution in [0.5, 0.6) is 0 Å². The summed E-state index contributed by atoms with van der Waals surface area (Å²) in [6, 6.07) is 0. The van der Waals surface area contributed by atoms with Gasteiger partial charge in [-0.15, -0.1) is 0 Å². The quantitative estimate of drug-likeness (QED) is 0.743. The lowest BCUT2D eigenvalue weighted by Gasteiger charge is -2.28. The minimum absolute atomic E-state index is 0.203. The van der Waals surface area contributed by atoms with E-state index in [2.05, 4.69) is 0 Å². The van der Waals surface area contributed by atoms with Gasteiger partial charge in [0.1, 0.15) is 0 Å². The number of likely N-dealkylation sites (tertiary alicyclic amines) is 1. The third-order valence-electron chi connectivity index (χ3n) is 2.81. The number of hydrogen-bond donors (Lipinski definition) is 1. The summed E-state index contributed by atoms with van der Waals surface area (Å²) < 4.78 is 50.0. The van der Waals surface area contributed by atoms with Gasteiger partial charge in [0.05, 0.1) is 0 Å². The first kappa shape index (κ1) is 12.7. The van der Waals surface area contributed by atoms with Gasteiger partial charge in [-0.1, -0.05) is 0 Å². The van der Waals surface area contributed by atoms with Crippen molar-refractivity contribution in [2.24, 2.45) is 11.7 Å². The summed E-state index contributed by atoms with van der Waals surface area (Å²) in [5.74, 6) is 0.203. The molecule has 0 aromatic carbocycles. The Labute approximate surface area is 86.4 Å². The number of rotatable bonds is 3. The topological polar surface area (TPSA) is 29.3 Å². The Morgan fingerprint density at radius 2 is 1.93 bits per heavy atom. The van der Waals surface area contributed by atoms with Crippen LogP contribution in [0.3, 0.4) is 0 Å². The smallest absolute Gasteiger partial charge is 0.330 e. The van der Waals surface area contributed by atoms with Crippen LogP contribution in [0.4, 0.5) is 17.6 Å². The lowest BCUT2D eigenvalue weighted by molar-refractivity contribution is -0.228. The van der Waals surface area contributed by atoms with Gasteiger partial charge in [-0.3, -0.25) is 4.90 Å². The van der Waals surface area contributed by atoms with E-state index in [9.17, 15) is 17.6 Å². The Morgan fingerprint density at radius 3 is 2.33 bits per heavy atom. The fourth-order valence-electron chi connectivity index (χ4n) is 1.76. The van der Waals surface area contributed by atoms with Crippen LogP contribution in [0, 0.1) is 5.92 Å². The van der Waals surface area contributed by atoms with Crippen molar-refractivity contribution in [3.63, 3.8) is 0 Å². The second-order valence-corrected chi connectivity index (χ2v) is 4.32. The number of nitrogens with two attached hydrogens (primary N) is 1. The summed E-state index contributed by atoms with van der Waals surface area (Å²) in [4.78, 5) is 1.49. The summed E-state index contributed by atoms with van der Waals surface area (Å²) in [5.41, 5.74) is 2.27. The molecule has 1 aliphatic heterocycles. The highest BCUT2D eigenvalue weighted by Gasteiger charge is 2.53. The van der Waals surface area contributed by atoms with Crippen LogP contribution in [0.25, 0.3) is 0 Å². The summed E-state index contributed by atoms with van der Waals surface area (Å²) >= 11 is 0. The predicted octanol–water partition coefficient (Wildman–Crippen LogP) is 1.56. The van der Waals surface area contributed by atoms with Gasteiger partial charge < -0.3 is 5.73 Å². The van der Waals surface area contributed by atoms with Crippen LogP contribution >= 0.6 is 0 Å². The first-order valence-corrected chi connectivity index (χ1v) is 4.94. The zero-order chi connectivity index (χ0) is 11.7. The average Bonchev–Trinajstić information content (AvgIpc) is 2.49. The Kier molecular flexibility index (Phi) is 3.60. The normalized spacial score (nSPS) is 28.0. The highest BCUT2D eigenvalue weighted by molar-refractivity contribution is 4.88. The van der Waals surface area contributed by atoms with Crippen molar-refractivity contribution in [1.29, 1.82) is 0 Å². The molecule has 2 atom stereocenters. The standard InChI is InChI=1S/C9H16F4N2/c1-8(10,9(11,12)13)6-15-3-2-7(4-14)5-15/h7H,2-6,14H2,1H3. The summed E-state index contributed by atoms with van der Waals surface area (Å²) in [6.45, 7) is 1.41. The van der Waals surface area contributed by atoms with Gasteiger partial charge in [0.2, 0.25) is 5.67 Å². The van der Waals surface area contributed by atoms with E-state index < -0.39 is 18.4 Å². The van der Waals surface area contributed by atoms with Crippen molar-refractivity contribution in [3.8, 4) is 0 Å². The van der Waals surface area contributed by atoms with Gasteiger partial charge in [0.25, 0.3) is 0 Å². The SMILES string of the molecule is CC(F)(CN1CCC(CN)C1)C(F)(F)F. The van der Waals surface area contributed by atoms with Crippen molar-refractivity contribution in [2.75, 3.05) is 26.2 Å². The zero-order valence-electron chi connectivity index (χ0n) is 8.65. The zero-order valence-corrected chi connectivity index (χ0v) is 8.65. The van der Waals surface area contributed by atoms with E-state index in [0.717, 1.165) is 6.42 Å². The molecule has 6 heteroatoms. The molecule has 0 amide bonds. The highest BCUT2D eigenvalue weighted by atomic mass is 19.4. The third-order valence-corrected chi connectivity index (χ3v) is 2.81. The van der Waals surface area contributed by atoms with E-state index >= 15 is 0 Å². The van der Waals surface area contributed by atoms with Crippen LogP contribution in [0.2, 0.25) is 0 Å². The maximum Gasteiger partial charge on any atom is 0.423 e. The summed E-state index contributed by atoms with van der Waals surface area (Å²) in [6.07, 6.45) is -4.04. The molecule has 0 spiro atoms. The lowest BCUT2D eigenvalue weighted by atomic mass is 10.1. The fraction of sp³-hybridized carbons (Fsp3) is 1.00. The Bertz CT molecular complexity index is 215. The van der Waals surface area contributed by atoms with Crippen LogP contribution in [-0.4, -0.2) is 42.9 Å². The van der Waals surface area contributed by atoms with Crippen molar-refractivity contribution < 1.29 is 17.6 Å². The van der Waals surface area contributed by atoms with E-state index in [1.807, 2.05) is 0 Å². The molecule has 1 rings (SSSR count). The van der Waals surface area contributed by atoms with E-state index in [4.69, 9.17) is 5.73 Å². The molecule has 2 unspecified atom stereocenters. The third kappa shape index (κ3) is 3.04. The molecule has 0 aromatic rings. The van der Waals surface area contributed by atoms with Crippen LogP contribution in [-0.2, 0) is 0 Å². The molecule has 90 valence electrons. The molecule has 0 aromatic heterocycles. The Balaban J connectivity index is 2.49. The highest BCUT2D eigenvalue weighted by Crippen LogP contribution is 2.35. The number of hydrogen-bond acceptors (Lipinski definition) is 2. The van der Waals surface area contributed by atoms with Gasteiger partial charge in [-0.2, -0.15) is 13.2 Å². The molecule has 0 aliphatic carbocycles. The molecule has 0 saturated carbocycles. The largest absolute Gasteiger partial charge is 0.423 e. The van der Waals surface area contributed by atoms with E-state index in [1.54, 1.807) is 0 Å². The minimum Gasteiger partial charge on any atom is -0.330 e. The fourth-order valence-corrected chi connectivity index (χ4v) is 1.76. The molecule has 0 radical (unpaired) electrons. The monoisotopic (exact) mass is 228 g/mol. The lowest BCUT2D eigenvalue weighted by Crippen LogP contribution is -2.47. The van der Waals surface area contributed by atoms with E-state index in [1.165, 1.54) is 4.90 Å². The Morgan fingerprint density at radius 1 is 1.33 bits per heavy atom. The molecule has 15 heavy (non-hydrogen) atoms. The molecular formula is C9H16F4N2. The average molecular weight is 228 g/mol. The maximum absolute atomic E-state index is 13.3. The molecule has 1 saturated heterocycles. The predicted molar refractivity (Wildman–Crippen MR) is 49.2 cm³/mol. The minimum atomic E-state index is -4.80. The van der Waals surface area contributed by atoms with E-state index in [-0.39, 0.29) is 5.92 Å². The number of alkyl halides is 4. The Hall–Kier alpha value is -0.360. The van der Waals surface area contributed by atoms with Gasteiger partial charge in [0.15, 0.2) is 0 Å². The summed E-state index contributed by atoms with van der Waals surface area (Å²) in [5, 5.41) is 0. The van der Waals surface area contributed by atoms with Crippen molar-refractivity contribution in [2.45, 2.75) is 25.2 Å². The molecule has 1 fully saturated rings. The van der Waals surface area contributed by atoms with Crippen LogP contribution in [0.15, 0.2) is 0 Å². The molecule has 0 bridgehead atoms. The molecule has 2 N–H and O–H groups in total.